The summed E-state index contributed by atoms with van der Waals surface area (Å²) in [5.74, 6) is 0.665. The summed E-state index contributed by atoms with van der Waals surface area (Å²) in [5.41, 5.74) is 1.24. The number of ether oxygens (including phenoxy) is 1. The molecule has 2 rings (SSSR count). The van der Waals surface area contributed by atoms with E-state index in [9.17, 15) is 9.59 Å². The van der Waals surface area contributed by atoms with Crippen LogP contribution in [0.15, 0.2) is 11.8 Å². The second-order valence-corrected chi connectivity index (χ2v) is 5.74. The Morgan fingerprint density at radius 1 is 1.24 bits per heavy atom. The maximum absolute atomic E-state index is 11.8. The minimum atomic E-state index is -0.261. The Kier molecular flexibility index (Phi) is 5.47. The average molecular weight is 295 g/mol. The largest absolute Gasteiger partial charge is 0.450 e. The number of piperidine rings is 1. The Hall–Kier alpha value is -1.72. The minimum absolute atomic E-state index is 0.116. The topological polar surface area (TPSA) is 70.7 Å². The SMILES string of the molecule is CCOC(=O)N1CCC(NC(=O)N/C=C(\C)C2CC2)CC1. The molecule has 2 N–H and O–H groups in total. The maximum Gasteiger partial charge on any atom is 0.409 e. The molecule has 0 unspecified atom stereocenters. The molecule has 0 spiro atoms. The fourth-order valence-electron chi connectivity index (χ4n) is 2.48. The molecule has 0 radical (unpaired) electrons. The van der Waals surface area contributed by atoms with Gasteiger partial charge < -0.3 is 20.3 Å². The standard InChI is InChI=1S/C15H25N3O3/c1-3-21-15(20)18-8-6-13(7-9-18)17-14(19)16-10-11(2)12-4-5-12/h10,12-13H,3-9H2,1-2H3,(H2,16,17,19)/b11-10+. The Labute approximate surface area is 125 Å². The Balaban J connectivity index is 1.67. The highest BCUT2D eigenvalue weighted by molar-refractivity contribution is 5.75. The number of amides is 3. The zero-order chi connectivity index (χ0) is 15.2. The third kappa shape index (κ3) is 4.95. The third-order valence-corrected chi connectivity index (χ3v) is 4.01. The van der Waals surface area contributed by atoms with Gasteiger partial charge in [-0.05, 0) is 45.4 Å². The van der Waals surface area contributed by atoms with Gasteiger partial charge in [0.1, 0.15) is 0 Å². The number of carbonyl (C=O) groups excluding carboxylic acids is 2. The molecule has 0 bridgehead atoms. The number of nitrogens with one attached hydrogen (secondary N) is 2. The van der Waals surface area contributed by atoms with Crippen molar-refractivity contribution in [1.29, 1.82) is 0 Å². The van der Waals surface area contributed by atoms with E-state index < -0.39 is 0 Å². The second kappa shape index (κ2) is 7.33. The van der Waals surface area contributed by atoms with Crippen LogP contribution >= 0.6 is 0 Å². The van der Waals surface area contributed by atoms with Crippen molar-refractivity contribution in [1.82, 2.24) is 15.5 Å². The first-order valence-corrected chi connectivity index (χ1v) is 7.75. The lowest BCUT2D eigenvalue weighted by Crippen LogP contribution is -2.48. The van der Waals surface area contributed by atoms with E-state index in [2.05, 4.69) is 17.6 Å². The van der Waals surface area contributed by atoms with Gasteiger partial charge in [0.05, 0.1) is 6.61 Å². The van der Waals surface area contributed by atoms with E-state index in [0.717, 1.165) is 12.8 Å². The fraction of sp³-hybridized carbons (Fsp3) is 0.733. The van der Waals surface area contributed by atoms with Gasteiger partial charge in [-0.25, -0.2) is 9.59 Å². The summed E-state index contributed by atoms with van der Waals surface area (Å²) in [7, 11) is 0. The summed E-state index contributed by atoms with van der Waals surface area (Å²) in [6.45, 7) is 5.50. The van der Waals surface area contributed by atoms with Crippen LogP contribution in [0.25, 0.3) is 0 Å². The summed E-state index contributed by atoms with van der Waals surface area (Å²) in [6, 6.07) is -0.0464. The van der Waals surface area contributed by atoms with Crippen molar-refractivity contribution in [2.45, 2.75) is 45.6 Å². The molecule has 2 aliphatic rings. The molecule has 0 aromatic rings. The molecule has 0 atom stereocenters. The van der Waals surface area contributed by atoms with Crippen LogP contribution in [0.1, 0.15) is 39.5 Å². The maximum atomic E-state index is 11.8. The number of nitrogens with zero attached hydrogens (tertiary/aromatic N) is 1. The molecular weight excluding hydrogens is 270 g/mol. The number of allylic oxidation sites excluding steroid dienone is 1. The smallest absolute Gasteiger partial charge is 0.409 e. The van der Waals surface area contributed by atoms with Crippen LogP contribution in [-0.2, 0) is 4.74 Å². The summed E-state index contributed by atoms with van der Waals surface area (Å²) >= 11 is 0. The van der Waals surface area contributed by atoms with Crippen molar-refractivity contribution in [2.75, 3.05) is 19.7 Å². The molecule has 6 heteroatoms. The van der Waals surface area contributed by atoms with E-state index in [4.69, 9.17) is 4.74 Å². The molecule has 118 valence electrons. The van der Waals surface area contributed by atoms with Crippen LogP contribution in [0.3, 0.4) is 0 Å². The van der Waals surface area contributed by atoms with Crippen molar-refractivity contribution < 1.29 is 14.3 Å². The first kappa shape index (κ1) is 15.7. The highest BCUT2D eigenvalue weighted by Crippen LogP contribution is 2.35. The number of likely N-dealkylation sites (tertiary alicyclic amines) is 1. The van der Waals surface area contributed by atoms with E-state index in [-0.39, 0.29) is 18.2 Å². The lowest BCUT2D eigenvalue weighted by atomic mass is 10.1. The molecule has 0 aromatic heterocycles. The molecule has 21 heavy (non-hydrogen) atoms. The second-order valence-electron chi connectivity index (χ2n) is 5.74. The van der Waals surface area contributed by atoms with E-state index >= 15 is 0 Å². The Bertz CT molecular complexity index is 410. The first-order chi connectivity index (χ1) is 10.1. The zero-order valence-corrected chi connectivity index (χ0v) is 12.9. The van der Waals surface area contributed by atoms with E-state index in [1.54, 1.807) is 18.0 Å². The summed E-state index contributed by atoms with van der Waals surface area (Å²) in [5, 5.41) is 5.74. The normalized spacial score (nSPS) is 20.1. The minimum Gasteiger partial charge on any atom is -0.450 e. The van der Waals surface area contributed by atoms with Crippen LogP contribution in [0, 0.1) is 5.92 Å². The van der Waals surface area contributed by atoms with Crippen LogP contribution in [0.5, 0.6) is 0 Å². The molecular formula is C15H25N3O3. The van der Waals surface area contributed by atoms with Gasteiger partial charge in [-0.2, -0.15) is 0 Å². The number of urea groups is 1. The van der Waals surface area contributed by atoms with E-state index in [0.29, 0.717) is 25.6 Å². The van der Waals surface area contributed by atoms with Gasteiger partial charge in [-0.15, -0.1) is 0 Å². The Morgan fingerprint density at radius 2 is 1.90 bits per heavy atom. The summed E-state index contributed by atoms with van der Waals surface area (Å²) in [4.78, 5) is 25.1. The number of hydrogen-bond donors (Lipinski definition) is 2. The van der Waals surface area contributed by atoms with Gasteiger partial charge in [0, 0.05) is 25.3 Å². The zero-order valence-electron chi connectivity index (χ0n) is 12.9. The summed E-state index contributed by atoms with van der Waals surface area (Å²) < 4.78 is 4.97. The highest BCUT2D eigenvalue weighted by atomic mass is 16.6. The van der Waals surface area contributed by atoms with Gasteiger partial charge in [-0.1, -0.05) is 5.57 Å². The van der Waals surface area contributed by atoms with Crippen LogP contribution in [-0.4, -0.2) is 42.8 Å². The van der Waals surface area contributed by atoms with Crippen molar-refractivity contribution >= 4 is 12.1 Å². The summed E-state index contributed by atoms with van der Waals surface area (Å²) in [6.07, 6.45) is 5.54. The molecule has 3 amide bonds. The number of hydrogen-bond acceptors (Lipinski definition) is 3. The highest BCUT2D eigenvalue weighted by Gasteiger charge is 2.25. The molecule has 1 aliphatic heterocycles. The molecule has 1 saturated carbocycles. The van der Waals surface area contributed by atoms with Crippen LogP contribution < -0.4 is 10.6 Å². The molecule has 1 aliphatic carbocycles. The van der Waals surface area contributed by atoms with Crippen molar-refractivity contribution in [3.63, 3.8) is 0 Å². The van der Waals surface area contributed by atoms with E-state index in [1.165, 1.54) is 18.4 Å². The van der Waals surface area contributed by atoms with Gasteiger partial charge >= 0.3 is 12.1 Å². The molecule has 6 nitrogen and oxygen atoms in total. The van der Waals surface area contributed by atoms with Crippen molar-refractivity contribution in [3.05, 3.63) is 11.8 Å². The quantitative estimate of drug-likeness (QED) is 0.835. The van der Waals surface area contributed by atoms with Crippen molar-refractivity contribution in [3.8, 4) is 0 Å². The van der Waals surface area contributed by atoms with Crippen LogP contribution in [0.2, 0.25) is 0 Å². The molecule has 1 heterocycles. The Morgan fingerprint density at radius 3 is 2.48 bits per heavy atom. The first-order valence-electron chi connectivity index (χ1n) is 7.75. The lowest BCUT2D eigenvalue weighted by molar-refractivity contribution is 0.0958. The monoisotopic (exact) mass is 295 g/mol. The predicted molar refractivity (Wildman–Crippen MR) is 79.8 cm³/mol. The molecule has 0 aromatic carbocycles. The number of carbonyl (C=O) groups is 2. The average Bonchev–Trinajstić information content (AvgIpc) is 3.30. The lowest BCUT2D eigenvalue weighted by Gasteiger charge is -2.31. The van der Waals surface area contributed by atoms with Gasteiger partial charge in [-0.3, -0.25) is 0 Å². The van der Waals surface area contributed by atoms with Gasteiger partial charge in [0.2, 0.25) is 0 Å². The van der Waals surface area contributed by atoms with Gasteiger partial charge in [0.15, 0.2) is 0 Å². The van der Waals surface area contributed by atoms with E-state index in [1.807, 2.05) is 0 Å². The predicted octanol–water partition coefficient (Wildman–Crippen LogP) is 2.22. The molecule has 1 saturated heterocycles. The fourth-order valence-corrected chi connectivity index (χ4v) is 2.48. The van der Waals surface area contributed by atoms with Crippen molar-refractivity contribution in [2.24, 2.45) is 5.92 Å². The third-order valence-electron chi connectivity index (χ3n) is 4.01. The molecule has 2 fully saturated rings. The number of rotatable bonds is 4. The van der Waals surface area contributed by atoms with Gasteiger partial charge in [0.25, 0.3) is 0 Å². The van der Waals surface area contributed by atoms with Crippen LogP contribution in [0.4, 0.5) is 9.59 Å².